The maximum Gasteiger partial charge on any atom is 0.341 e. The highest BCUT2D eigenvalue weighted by Crippen LogP contribution is 2.40. The fourth-order valence-corrected chi connectivity index (χ4v) is 3.69. The van der Waals surface area contributed by atoms with Gasteiger partial charge in [-0.2, -0.15) is 0 Å². The molecule has 7 heteroatoms. The number of carbonyl (C=O) groups is 1. The van der Waals surface area contributed by atoms with E-state index in [2.05, 4.69) is 0 Å². The maximum atomic E-state index is 15.1. The molecule has 0 radical (unpaired) electrons. The second kappa shape index (κ2) is 6.20. The first kappa shape index (κ1) is 17.7. The number of anilines is 1. The average Bonchev–Trinajstić information content (AvgIpc) is 3.42. The Morgan fingerprint density at radius 2 is 2.04 bits per heavy atom. The Bertz CT molecular complexity index is 1060. The Labute approximate surface area is 155 Å². The number of pyridine rings is 1. The van der Waals surface area contributed by atoms with Gasteiger partial charge >= 0.3 is 5.97 Å². The molecule has 1 aliphatic heterocycles. The minimum Gasteiger partial charge on any atom is -0.477 e. The molecule has 2 aliphatic rings. The van der Waals surface area contributed by atoms with Crippen molar-refractivity contribution in [2.24, 2.45) is 5.73 Å². The molecule has 0 amide bonds. The van der Waals surface area contributed by atoms with E-state index >= 15 is 4.39 Å². The van der Waals surface area contributed by atoms with Crippen LogP contribution in [0.2, 0.25) is 0 Å². The van der Waals surface area contributed by atoms with E-state index in [0.717, 1.165) is 18.4 Å². The van der Waals surface area contributed by atoms with Gasteiger partial charge in [0.25, 0.3) is 0 Å². The van der Waals surface area contributed by atoms with Crippen molar-refractivity contribution in [3.63, 3.8) is 0 Å². The second-order valence-corrected chi connectivity index (χ2v) is 7.49. The third-order valence-corrected chi connectivity index (χ3v) is 5.66. The first-order valence-electron chi connectivity index (χ1n) is 9.07. The number of carboxylic acids is 1. The Morgan fingerprint density at radius 3 is 2.59 bits per heavy atom. The average molecular weight is 371 g/mol. The number of benzene rings is 1. The molecule has 1 aromatic carbocycles. The van der Waals surface area contributed by atoms with Crippen molar-refractivity contribution in [3.05, 3.63) is 50.6 Å². The number of fused-ring (bicyclic) bond motifs is 1. The van der Waals surface area contributed by atoms with Crippen LogP contribution in [0, 0.1) is 12.7 Å². The Morgan fingerprint density at radius 1 is 1.37 bits per heavy atom. The molecule has 4 rings (SSSR count). The minimum atomic E-state index is -1.28. The molecule has 1 saturated heterocycles. The summed E-state index contributed by atoms with van der Waals surface area (Å²) in [4.78, 5) is 26.1. The van der Waals surface area contributed by atoms with Gasteiger partial charge in [0.2, 0.25) is 5.43 Å². The number of carboxylic acid groups (broad SMARTS) is 1. The summed E-state index contributed by atoms with van der Waals surface area (Å²) in [5.41, 5.74) is 8.32. The molecule has 27 heavy (non-hydrogen) atoms. The molecule has 2 fully saturated rings. The van der Waals surface area contributed by atoms with E-state index in [0.29, 0.717) is 30.8 Å². The number of hydrogen-bond acceptors (Lipinski definition) is 4. The molecule has 6 nitrogen and oxygen atoms in total. The summed E-state index contributed by atoms with van der Waals surface area (Å²) in [6, 6.07) is 1.85. The molecule has 0 bridgehead atoms. The van der Waals surface area contributed by atoms with Gasteiger partial charge in [0.05, 0.1) is 16.6 Å². The highest BCUT2D eigenvalue weighted by atomic mass is 19.1. The number of hydrogen-bond donors (Lipinski definition) is 2. The van der Waals surface area contributed by atoms with Crippen LogP contribution < -0.4 is 16.1 Å². The Balaban J connectivity index is 1.91. The lowest BCUT2D eigenvalue weighted by Crippen LogP contribution is -2.42. The van der Waals surface area contributed by atoms with Gasteiger partial charge in [-0.05, 0) is 38.3 Å². The summed E-state index contributed by atoms with van der Waals surface area (Å²) in [5, 5.41) is 9.54. The zero-order valence-corrected chi connectivity index (χ0v) is 15.4. The third kappa shape index (κ3) is 2.73. The highest BCUT2D eigenvalue weighted by Gasteiger charge is 2.31. The zero-order valence-electron chi connectivity index (χ0n) is 15.4. The summed E-state index contributed by atoms with van der Waals surface area (Å²) >= 11 is 0. The normalized spacial score (nSPS) is 16.6. The first-order valence-corrected chi connectivity index (χ1v) is 9.07. The number of rotatable bonds is 4. The lowest BCUT2D eigenvalue weighted by molar-refractivity contribution is 0.0695. The third-order valence-electron chi connectivity index (χ3n) is 5.66. The molecule has 0 atom stereocenters. The molecule has 0 spiro atoms. The molecular weight excluding hydrogens is 349 g/mol. The topological polar surface area (TPSA) is 88.6 Å². The number of aromatic carboxylic acids is 1. The van der Waals surface area contributed by atoms with Crippen molar-refractivity contribution in [2.75, 3.05) is 24.5 Å². The predicted octanol–water partition coefficient (Wildman–Crippen LogP) is 2.58. The lowest BCUT2D eigenvalue weighted by atomic mass is 9.98. The molecular formula is C20H22FN3O3. The Kier molecular flexibility index (Phi) is 4.07. The van der Waals surface area contributed by atoms with Crippen molar-refractivity contribution >= 4 is 22.6 Å². The monoisotopic (exact) mass is 371 g/mol. The van der Waals surface area contributed by atoms with Crippen molar-refractivity contribution in [2.45, 2.75) is 32.7 Å². The summed E-state index contributed by atoms with van der Waals surface area (Å²) in [6.45, 7) is 5.25. The summed E-state index contributed by atoms with van der Waals surface area (Å²) in [7, 11) is 0. The van der Waals surface area contributed by atoms with Gasteiger partial charge in [0.1, 0.15) is 11.4 Å². The van der Waals surface area contributed by atoms with Crippen molar-refractivity contribution < 1.29 is 14.3 Å². The van der Waals surface area contributed by atoms with Gasteiger partial charge in [-0.1, -0.05) is 5.57 Å². The van der Waals surface area contributed by atoms with E-state index in [1.54, 1.807) is 13.0 Å². The van der Waals surface area contributed by atoms with Gasteiger partial charge in [-0.3, -0.25) is 4.79 Å². The smallest absolute Gasteiger partial charge is 0.341 e. The van der Waals surface area contributed by atoms with Gasteiger partial charge < -0.3 is 20.3 Å². The van der Waals surface area contributed by atoms with E-state index in [1.165, 1.54) is 11.8 Å². The fourth-order valence-electron chi connectivity index (χ4n) is 3.69. The second-order valence-electron chi connectivity index (χ2n) is 7.49. The minimum absolute atomic E-state index is 0.162. The first-order chi connectivity index (χ1) is 12.8. The zero-order chi connectivity index (χ0) is 19.5. The number of nitrogens with zero attached hydrogens (tertiary/aromatic N) is 2. The molecule has 1 aliphatic carbocycles. The van der Waals surface area contributed by atoms with E-state index in [9.17, 15) is 14.7 Å². The van der Waals surface area contributed by atoms with Gasteiger partial charge in [-0.25, -0.2) is 9.18 Å². The van der Waals surface area contributed by atoms with Gasteiger partial charge in [-0.15, -0.1) is 0 Å². The molecule has 3 N–H and O–H groups in total. The molecule has 2 aromatic rings. The van der Waals surface area contributed by atoms with Gasteiger partial charge in [0.15, 0.2) is 0 Å². The van der Waals surface area contributed by atoms with Crippen molar-refractivity contribution in [1.29, 1.82) is 0 Å². The molecule has 1 aromatic heterocycles. The number of nitrogens with two attached hydrogens (primary N) is 1. The van der Waals surface area contributed by atoms with Crippen molar-refractivity contribution in [3.8, 4) is 0 Å². The maximum absolute atomic E-state index is 15.1. The molecule has 142 valence electrons. The summed E-state index contributed by atoms with van der Waals surface area (Å²) < 4.78 is 16.9. The number of halogens is 1. The van der Waals surface area contributed by atoms with Crippen LogP contribution in [-0.2, 0) is 0 Å². The van der Waals surface area contributed by atoms with Crippen LogP contribution in [0.4, 0.5) is 10.1 Å². The molecule has 0 unspecified atom stereocenters. The van der Waals surface area contributed by atoms with Crippen LogP contribution in [0.1, 0.15) is 41.7 Å². The van der Waals surface area contributed by atoms with E-state index in [1.807, 2.05) is 16.4 Å². The summed E-state index contributed by atoms with van der Waals surface area (Å²) in [6.07, 6.45) is 3.26. The van der Waals surface area contributed by atoms with E-state index in [4.69, 9.17) is 5.73 Å². The van der Waals surface area contributed by atoms with E-state index in [-0.39, 0.29) is 22.6 Å². The SMILES string of the molecule is CC(CN)=C1CN(c2cc3c(c(C)c2F)c(=O)c(C(=O)O)cn3C2CC2)C1. The van der Waals surface area contributed by atoms with Crippen LogP contribution in [0.5, 0.6) is 0 Å². The van der Waals surface area contributed by atoms with Crippen LogP contribution in [0.15, 0.2) is 28.2 Å². The van der Waals surface area contributed by atoms with Crippen LogP contribution in [0.25, 0.3) is 10.9 Å². The molecule has 1 saturated carbocycles. The van der Waals surface area contributed by atoms with Gasteiger partial charge in [0, 0.05) is 37.4 Å². The van der Waals surface area contributed by atoms with Crippen LogP contribution in [0.3, 0.4) is 0 Å². The summed E-state index contributed by atoms with van der Waals surface area (Å²) in [5.74, 6) is -1.75. The van der Waals surface area contributed by atoms with Crippen molar-refractivity contribution in [1.82, 2.24) is 4.57 Å². The predicted molar refractivity (Wildman–Crippen MR) is 102 cm³/mol. The van der Waals surface area contributed by atoms with E-state index < -0.39 is 17.2 Å². The number of aromatic nitrogens is 1. The Hall–Kier alpha value is -2.67. The van der Waals surface area contributed by atoms with Crippen LogP contribution >= 0.6 is 0 Å². The lowest BCUT2D eigenvalue weighted by Gasteiger charge is -2.38. The number of aryl methyl sites for hydroxylation is 1. The standard InChI is InChI=1S/C20H22FN3O3/c1-10(6-22)12-7-23(8-12)16-5-15-17(11(2)18(16)21)19(25)14(20(26)27)9-24(15)13-3-4-13/h5,9,13H,3-4,6-8,22H2,1-2H3,(H,26,27). The quantitative estimate of drug-likeness (QED) is 0.807. The fraction of sp³-hybridized carbons (Fsp3) is 0.400. The molecule has 2 heterocycles. The van der Waals surface area contributed by atoms with Crippen LogP contribution in [-0.4, -0.2) is 35.3 Å². The largest absolute Gasteiger partial charge is 0.477 e. The highest BCUT2D eigenvalue weighted by molar-refractivity contribution is 5.95.